The van der Waals surface area contributed by atoms with E-state index in [1.54, 1.807) is 24.6 Å². The maximum absolute atomic E-state index is 5.48. The van der Waals surface area contributed by atoms with Crippen LogP contribution in [0.1, 0.15) is 0 Å². The van der Waals surface area contributed by atoms with Crippen LogP contribution >= 0.6 is 11.6 Å². The number of rotatable bonds is 0. The van der Waals surface area contributed by atoms with Crippen LogP contribution in [0.5, 0.6) is 0 Å². The fraction of sp³-hybridized carbons (Fsp3) is 0. The molecule has 0 saturated heterocycles. The maximum Gasteiger partial charge on any atom is 0.260 e. The van der Waals surface area contributed by atoms with Crippen molar-refractivity contribution in [2.45, 2.75) is 0 Å². The lowest BCUT2D eigenvalue weighted by molar-refractivity contribution is 1.39. The molecule has 0 aliphatic carbocycles. The Bertz CT molecular complexity index is 144. The van der Waals surface area contributed by atoms with E-state index in [4.69, 9.17) is 11.6 Å². The SMILES string of the molecule is ClC1=CC=C[N+]=C1. The number of aliphatic imine (C=N–C) groups is 1. The van der Waals surface area contributed by atoms with Crippen molar-refractivity contribution in [1.29, 1.82) is 0 Å². The van der Waals surface area contributed by atoms with Gasteiger partial charge in [-0.2, -0.15) is 0 Å². The third-order valence-electron chi connectivity index (χ3n) is 0.625. The number of allylic oxidation sites excluding steroid dienone is 3. The standard InChI is InChI=1S/C5H4ClN/c6-5-2-1-3-7-4-5/h1-4H/q+1. The van der Waals surface area contributed by atoms with E-state index in [1.165, 1.54) is 0 Å². The summed E-state index contributed by atoms with van der Waals surface area (Å²) in [6.07, 6.45) is 6.87. The molecule has 2 heteroatoms. The fourth-order valence-corrected chi connectivity index (χ4v) is 0.471. The van der Waals surface area contributed by atoms with Gasteiger partial charge < -0.3 is 0 Å². The van der Waals surface area contributed by atoms with Crippen LogP contribution in [0.3, 0.4) is 0 Å². The summed E-state index contributed by atoms with van der Waals surface area (Å²) < 4.78 is 0. The first kappa shape index (κ1) is 4.60. The molecule has 1 heterocycles. The average molecular weight is 114 g/mol. The molecule has 1 rings (SSSR count). The molecule has 1 aliphatic rings. The van der Waals surface area contributed by atoms with Crippen LogP contribution in [0.4, 0.5) is 0 Å². The van der Waals surface area contributed by atoms with Gasteiger partial charge in [0.15, 0.2) is 0 Å². The Kier molecular flexibility index (Phi) is 1.27. The van der Waals surface area contributed by atoms with E-state index >= 15 is 0 Å². The highest BCUT2D eigenvalue weighted by Gasteiger charge is 1.94. The molecule has 0 saturated carbocycles. The summed E-state index contributed by atoms with van der Waals surface area (Å²) >= 11 is 5.48. The van der Waals surface area contributed by atoms with E-state index < -0.39 is 0 Å². The van der Waals surface area contributed by atoms with E-state index in [1.807, 2.05) is 0 Å². The molecule has 0 aromatic carbocycles. The van der Waals surface area contributed by atoms with Gasteiger partial charge in [0, 0.05) is 6.08 Å². The predicted octanol–water partition coefficient (Wildman–Crippen LogP) is 1.04. The zero-order valence-corrected chi connectivity index (χ0v) is 4.39. The van der Waals surface area contributed by atoms with E-state index in [9.17, 15) is 0 Å². The Morgan fingerprint density at radius 1 is 1.57 bits per heavy atom. The van der Waals surface area contributed by atoms with E-state index in [0.717, 1.165) is 0 Å². The van der Waals surface area contributed by atoms with Gasteiger partial charge in [-0.15, -0.1) is 0 Å². The van der Waals surface area contributed by atoms with Gasteiger partial charge in [0.2, 0.25) is 6.20 Å². The average Bonchev–Trinajstić information content (AvgIpc) is 1.69. The molecule has 0 amide bonds. The highest BCUT2D eigenvalue weighted by Crippen LogP contribution is 1.97. The zero-order chi connectivity index (χ0) is 5.11. The molecule has 0 spiro atoms. The smallest absolute Gasteiger partial charge is 0.0775 e. The van der Waals surface area contributed by atoms with E-state index in [0.29, 0.717) is 5.03 Å². The minimum Gasteiger partial charge on any atom is -0.0775 e. The number of hydrogen-bond donors (Lipinski definition) is 0. The van der Waals surface area contributed by atoms with Crippen LogP contribution < -0.4 is 4.99 Å². The summed E-state index contributed by atoms with van der Waals surface area (Å²) in [4.78, 5) is 3.75. The van der Waals surface area contributed by atoms with Gasteiger partial charge in [-0.05, 0) is 6.08 Å². The molecule has 0 atom stereocenters. The number of halogens is 1. The lowest BCUT2D eigenvalue weighted by Crippen LogP contribution is -1.86. The van der Waals surface area contributed by atoms with Crippen molar-refractivity contribution < 1.29 is 0 Å². The van der Waals surface area contributed by atoms with Crippen LogP contribution in [0, 0.1) is 0 Å². The summed E-state index contributed by atoms with van der Waals surface area (Å²) in [6, 6.07) is 0. The third-order valence-corrected chi connectivity index (χ3v) is 0.849. The van der Waals surface area contributed by atoms with Gasteiger partial charge in [0.25, 0.3) is 6.21 Å². The van der Waals surface area contributed by atoms with Crippen LogP contribution in [0.2, 0.25) is 0 Å². The molecule has 1 radical (unpaired) electrons. The second kappa shape index (κ2) is 1.94. The van der Waals surface area contributed by atoms with Crippen LogP contribution in [0.15, 0.2) is 23.4 Å². The third kappa shape index (κ3) is 1.16. The summed E-state index contributed by atoms with van der Waals surface area (Å²) in [5, 5.41) is 0.683. The molecule has 0 unspecified atom stereocenters. The molecule has 7 heavy (non-hydrogen) atoms. The van der Waals surface area contributed by atoms with Crippen LogP contribution in [-0.4, -0.2) is 6.21 Å². The van der Waals surface area contributed by atoms with Crippen molar-refractivity contribution in [3.8, 4) is 0 Å². The monoisotopic (exact) mass is 113 g/mol. The van der Waals surface area contributed by atoms with E-state index in [-0.39, 0.29) is 0 Å². The second-order valence-electron chi connectivity index (χ2n) is 1.17. The largest absolute Gasteiger partial charge is 0.260 e. The first-order valence-electron chi connectivity index (χ1n) is 1.95. The molecular weight excluding hydrogens is 110 g/mol. The summed E-state index contributed by atoms with van der Waals surface area (Å²) in [5.74, 6) is 0. The van der Waals surface area contributed by atoms with Gasteiger partial charge in [0.1, 0.15) is 5.03 Å². The molecule has 0 N–H and O–H groups in total. The van der Waals surface area contributed by atoms with Crippen molar-refractivity contribution >= 4 is 17.8 Å². The minimum atomic E-state index is 0.683. The van der Waals surface area contributed by atoms with E-state index in [2.05, 4.69) is 4.99 Å². The first-order valence-corrected chi connectivity index (χ1v) is 2.33. The molecule has 0 aromatic heterocycles. The van der Waals surface area contributed by atoms with Crippen molar-refractivity contribution in [1.82, 2.24) is 4.99 Å². The first-order chi connectivity index (χ1) is 3.39. The lowest BCUT2D eigenvalue weighted by atomic mass is 10.4. The van der Waals surface area contributed by atoms with Gasteiger partial charge in [-0.1, -0.05) is 11.6 Å². The molecule has 1 aliphatic heterocycles. The summed E-state index contributed by atoms with van der Waals surface area (Å²) in [7, 11) is 0. The molecule has 1 nitrogen and oxygen atoms in total. The second-order valence-corrected chi connectivity index (χ2v) is 1.61. The van der Waals surface area contributed by atoms with Crippen molar-refractivity contribution in [2.24, 2.45) is 0 Å². The topological polar surface area (TPSA) is 14.1 Å². The number of nitrogens with zero attached hydrogens (tertiary/aromatic N) is 1. The zero-order valence-electron chi connectivity index (χ0n) is 3.63. The highest BCUT2D eigenvalue weighted by molar-refractivity contribution is 6.39. The Morgan fingerprint density at radius 2 is 2.43 bits per heavy atom. The molecule has 35 valence electrons. The van der Waals surface area contributed by atoms with Gasteiger partial charge in [-0.25, -0.2) is 0 Å². The van der Waals surface area contributed by atoms with Crippen molar-refractivity contribution in [2.75, 3.05) is 0 Å². The molecular formula is C5H4ClN+. The highest BCUT2D eigenvalue weighted by atomic mass is 35.5. The van der Waals surface area contributed by atoms with Gasteiger partial charge in [0.05, 0.1) is 4.99 Å². The van der Waals surface area contributed by atoms with Gasteiger partial charge in [-0.3, -0.25) is 0 Å². The summed E-state index contributed by atoms with van der Waals surface area (Å²) in [6.45, 7) is 0. The molecule has 0 bridgehead atoms. The van der Waals surface area contributed by atoms with Gasteiger partial charge >= 0.3 is 0 Å². The molecule has 0 aromatic rings. The maximum atomic E-state index is 5.48. The Hall–Kier alpha value is -0.560. The Balaban J connectivity index is 2.82. The van der Waals surface area contributed by atoms with Crippen molar-refractivity contribution in [3.63, 3.8) is 0 Å². The van der Waals surface area contributed by atoms with Crippen LogP contribution in [-0.2, 0) is 0 Å². The normalized spacial score (nSPS) is 17.0. The number of hydrogen-bond acceptors (Lipinski definition) is 1. The molecule has 0 fully saturated rings. The van der Waals surface area contributed by atoms with Crippen LogP contribution in [0.25, 0.3) is 0 Å². The Morgan fingerprint density at radius 3 is 2.71 bits per heavy atom. The minimum absolute atomic E-state index is 0.683. The quantitative estimate of drug-likeness (QED) is 0.446. The summed E-state index contributed by atoms with van der Waals surface area (Å²) in [5.41, 5.74) is 0. The van der Waals surface area contributed by atoms with Crippen molar-refractivity contribution in [3.05, 3.63) is 23.4 Å². The Labute approximate surface area is 47.0 Å². The predicted molar refractivity (Wildman–Crippen MR) is 31.3 cm³/mol. The fourth-order valence-electron chi connectivity index (χ4n) is 0.342. The lowest BCUT2D eigenvalue weighted by Gasteiger charge is -1.75.